The first-order valence-electron chi connectivity index (χ1n) is 6.86. The van der Waals surface area contributed by atoms with Crippen LogP contribution in [-0.2, 0) is 6.54 Å². The lowest BCUT2D eigenvalue weighted by Gasteiger charge is -2.11. The Morgan fingerprint density at radius 2 is 2.00 bits per heavy atom. The minimum absolute atomic E-state index is 0.135. The van der Waals surface area contributed by atoms with E-state index < -0.39 is 4.92 Å². The molecule has 23 heavy (non-hydrogen) atoms. The van der Waals surface area contributed by atoms with Crippen LogP contribution in [0.4, 0.5) is 5.69 Å². The van der Waals surface area contributed by atoms with Gasteiger partial charge in [0, 0.05) is 17.2 Å². The number of nitro benzene ring substituents is 1. The van der Waals surface area contributed by atoms with Crippen LogP contribution in [0.15, 0.2) is 47.3 Å². The highest BCUT2D eigenvalue weighted by Gasteiger charge is 2.13. The number of hydrogen-bond acceptors (Lipinski definition) is 4. The van der Waals surface area contributed by atoms with Crippen molar-refractivity contribution in [3.05, 3.63) is 79.3 Å². The normalized spacial score (nSPS) is 10.9. The molecule has 0 aliphatic heterocycles. The monoisotopic (exact) mass is 329 g/mol. The second-order valence-corrected chi connectivity index (χ2v) is 5.51. The third kappa shape index (κ3) is 2.80. The maximum absolute atomic E-state index is 12.7. The molecule has 0 bridgehead atoms. The number of aromatic nitrogens is 2. The van der Waals surface area contributed by atoms with Crippen molar-refractivity contribution in [3.63, 3.8) is 0 Å². The maximum Gasteiger partial charge on any atom is 0.270 e. The topological polar surface area (TPSA) is 78.0 Å². The van der Waals surface area contributed by atoms with E-state index in [0.717, 1.165) is 5.56 Å². The summed E-state index contributed by atoms with van der Waals surface area (Å²) < 4.78 is 1.47. The van der Waals surface area contributed by atoms with Gasteiger partial charge in [0.05, 0.1) is 22.4 Å². The molecule has 0 N–H and O–H groups in total. The molecular weight excluding hydrogens is 318 g/mol. The molecule has 0 spiro atoms. The van der Waals surface area contributed by atoms with E-state index >= 15 is 0 Å². The van der Waals surface area contributed by atoms with E-state index in [1.807, 2.05) is 18.2 Å². The van der Waals surface area contributed by atoms with Gasteiger partial charge in [-0.3, -0.25) is 19.5 Å². The zero-order valence-corrected chi connectivity index (χ0v) is 12.9. The number of benzene rings is 2. The quantitative estimate of drug-likeness (QED) is 0.545. The van der Waals surface area contributed by atoms with E-state index in [2.05, 4.69) is 4.98 Å². The van der Waals surface area contributed by atoms with Gasteiger partial charge in [0.1, 0.15) is 5.82 Å². The zero-order chi connectivity index (χ0) is 16.6. The van der Waals surface area contributed by atoms with E-state index in [-0.39, 0.29) is 23.2 Å². The molecule has 6 nitrogen and oxygen atoms in total. The summed E-state index contributed by atoms with van der Waals surface area (Å²) in [6.07, 6.45) is 0. The molecule has 2 aromatic carbocycles. The Balaban J connectivity index is 2.19. The lowest BCUT2D eigenvalue weighted by atomic mass is 10.2. The average molecular weight is 330 g/mol. The van der Waals surface area contributed by atoms with Crippen molar-refractivity contribution in [1.82, 2.24) is 9.55 Å². The van der Waals surface area contributed by atoms with Gasteiger partial charge in [-0.1, -0.05) is 29.8 Å². The highest BCUT2D eigenvalue weighted by Crippen LogP contribution is 2.19. The third-order valence-corrected chi connectivity index (χ3v) is 3.99. The van der Waals surface area contributed by atoms with Crippen LogP contribution in [-0.4, -0.2) is 14.5 Å². The van der Waals surface area contributed by atoms with Gasteiger partial charge in [-0.05, 0) is 24.6 Å². The summed E-state index contributed by atoms with van der Waals surface area (Å²) in [4.78, 5) is 27.4. The minimum atomic E-state index is -0.531. The molecule has 0 atom stereocenters. The number of fused-ring (bicyclic) bond motifs is 1. The smallest absolute Gasteiger partial charge is 0.270 e. The molecule has 3 aromatic rings. The highest BCUT2D eigenvalue weighted by atomic mass is 35.5. The average Bonchev–Trinajstić information content (AvgIpc) is 2.52. The van der Waals surface area contributed by atoms with Crippen molar-refractivity contribution >= 4 is 28.2 Å². The first kappa shape index (κ1) is 15.2. The Morgan fingerprint density at radius 3 is 2.70 bits per heavy atom. The van der Waals surface area contributed by atoms with Crippen molar-refractivity contribution in [1.29, 1.82) is 0 Å². The Morgan fingerprint density at radius 1 is 1.26 bits per heavy atom. The van der Waals surface area contributed by atoms with Gasteiger partial charge in [0.15, 0.2) is 0 Å². The lowest BCUT2D eigenvalue weighted by molar-refractivity contribution is -0.384. The lowest BCUT2D eigenvalue weighted by Crippen LogP contribution is -2.24. The van der Waals surface area contributed by atoms with Crippen LogP contribution in [0, 0.1) is 17.0 Å². The molecule has 7 heteroatoms. The van der Waals surface area contributed by atoms with Crippen LogP contribution < -0.4 is 5.56 Å². The fourth-order valence-corrected chi connectivity index (χ4v) is 2.61. The first-order chi connectivity index (χ1) is 11.0. The third-order valence-electron chi connectivity index (χ3n) is 3.63. The number of hydrogen-bond donors (Lipinski definition) is 0. The molecular formula is C16H12ClN3O3. The minimum Gasteiger partial charge on any atom is -0.292 e. The van der Waals surface area contributed by atoms with Crippen molar-refractivity contribution in [3.8, 4) is 0 Å². The molecule has 0 aliphatic rings. The molecule has 0 aliphatic carbocycles. The van der Waals surface area contributed by atoms with Crippen molar-refractivity contribution in [2.24, 2.45) is 0 Å². The van der Waals surface area contributed by atoms with E-state index in [1.165, 1.54) is 22.8 Å². The summed E-state index contributed by atoms with van der Waals surface area (Å²) >= 11 is 6.14. The predicted octanol–water partition coefficient (Wildman–Crippen LogP) is 3.31. The van der Waals surface area contributed by atoms with E-state index in [9.17, 15) is 14.9 Å². The van der Waals surface area contributed by atoms with E-state index in [1.54, 1.807) is 13.0 Å². The van der Waals surface area contributed by atoms with Crippen LogP contribution in [0.3, 0.4) is 0 Å². The van der Waals surface area contributed by atoms with E-state index in [4.69, 9.17) is 11.6 Å². The first-order valence-corrected chi connectivity index (χ1v) is 7.24. The van der Waals surface area contributed by atoms with Crippen molar-refractivity contribution in [2.75, 3.05) is 0 Å². The molecule has 1 heterocycles. The second kappa shape index (κ2) is 5.81. The van der Waals surface area contributed by atoms with Gasteiger partial charge in [0.2, 0.25) is 0 Å². The van der Waals surface area contributed by atoms with Crippen LogP contribution in [0.5, 0.6) is 0 Å². The van der Waals surface area contributed by atoms with Crippen LogP contribution in [0.25, 0.3) is 10.9 Å². The van der Waals surface area contributed by atoms with Crippen LogP contribution >= 0.6 is 11.6 Å². The number of nitro groups is 1. The van der Waals surface area contributed by atoms with Crippen molar-refractivity contribution in [2.45, 2.75) is 13.5 Å². The molecule has 0 saturated heterocycles. The summed E-state index contributed by atoms with van der Waals surface area (Å²) in [5.41, 5.74) is 0.764. The van der Waals surface area contributed by atoms with Crippen LogP contribution in [0.2, 0.25) is 5.02 Å². The summed E-state index contributed by atoms with van der Waals surface area (Å²) in [6.45, 7) is 1.98. The predicted molar refractivity (Wildman–Crippen MR) is 87.9 cm³/mol. The van der Waals surface area contributed by atoms with Crippen molar-refractivity contribution < 1.29 is 4.92 Å². The molecule has 0 amide bonds. The SMILES string of the molecule is Cc1nc2ccc([N+](=O)[O-])cc2c(=O)n1Cc1ccccc1Cl. The molecule has 0 saturated carbocycles. The largest absolute Gasteiger partial charge is 0.292 e. The standard InChI is InChI=1S/C16H12ClN3O3/c1-10-18-15-7-6-12(20(22)23)8-13(15)16(21)19(10)9-11-4-2-3-5-14(11)17/h2-8H,9H2,1H3. The van der Waals surface area contributed by atoms with Gasteiger partial charge in [-0.2, -0.15) is 0 Å². The molecule has 116 valence electrons. The Labute approximate surface area is 136 Å². The Hall–Kier alpha value is -2.73. The van der Waals surface area contributed by atoms with Gasteiger partial charge in [-0.25, -0.2) is 4.98 Å². The number of nitrogens with zero attached hydrogens (tertiary/aromatic N) is 3. The van der Waals surface area contributed by atoms with Crippen LogP contribution in [0.1, 0.15) is 11.4 Å². The summed E-state index contributed by atoms with van der Waals surface area (Å²) in [5.74, 6) is 0.524. The molecule has 0 unspecified atom stereocenters. The van der Waals surface area contributed by atoms with Gasteiger partial charge in [-0.15, -0.1) is 0 Å². The maximum atomic E-state index is 12.7. The molecule has 3 rings (SSSR count). The second-order valence-electron chi connectivity index (χ2n) is 5.10. The van der Waals surface area contributed by atoms with Gasteiger partial charge < -0.3 is 0 Å². The molecule has 0 radical (unpaired) electrons. The molecule has 1 aromatic heterocycles. The van der Waals surface area contributed by atoms with Gasteiger partial charge in [0.25, 0.3) is 11.2 Å². The number of halogens is 1. The van der Waals surface area contributed by atoms with Gasteiger partial charge >= 0.3 is 0 Å². The van der Waals surface area contributed by atoms with E-state index in [0.29, 0.717) is 16.4 Å². The molecule has 0 fully saturated rings. The highest BCUT2D eigenvalue weighted by molar-refractivity contribution is 6.31. The summed E-state index contributed by atoms with van der Waals surface area (Å²) in [5, 5.41) is 11.7. The fraction of sp³-hybridized carbons (Fsp3) is 0.125. The Kier molecular flexibility index (Phi) is 3.83. The number of aryl methyl sites for hydroxylation is 1. The fourth-order valence-electron chi connectivity index (χ4n) is 2.42. The zero-order valence-electron chi connectivity index (χ0n) is 12.2. The Bertz CT molecular complexity index is 982. The number of non-ortho nitro benzene ring substituents is 1. The summed E-state index contributed by atoms with van der Waals surface area (Å²) in [6, 6.07) is 11.3. The summed E-state index contributed by atoms with van der Waals surface area (Å²) in [7, 11) is 0. The number of rotatable bonds is 3.